The first kappa shape index (κ1) is 19.3. The van der Waals surface area contributed by atoms with Gasteiger partial charge in [-0.1, -0.05) is 55.3 Å². The summed E-state index contributed by atoms with van der Waals surface area (Å²) in [6.07, 6.45) is 6.27. The van der Waals surface area contributed by atoms with Crippen molar-refractivity contribution in [2.24, 2.45) is 0 Å². The molecule has 3 aromatic rings. The standard InChI is InChI=1S/C25H31N5/c1-2-9-16-30(15-8-1)24-22-12-6-7-13-23(22)27-25(28-24)26-21-14-17-29(19-21)18-20-10-4-3-5-11-20/h3-7,10-13,21H,1-2,8-9,14-19H2,(H,26,27,28)/t21-/m0/s1. The Morgan fingerprint density at radius 1 is 0.833 bits per heavy atom. The van der Waals surface area contributed by atoms with Gasteiger partial charge in [0.2, 0.25) is 5.95 Å². The van der Waals surface area contributed by atoms with Crippen LogP contribution < -0.4 is 10.2 Å². The van der Waals surface area contributed by atoms with Gasteiger partial charge in [0.1, 0.15) is 5.82 Å². The zero-order chi connectivity index (χ0) is 20.2. The second-order valence-electron chi connectivity index (χ2n) is 8.64. The SMILES string of the molecule is c1ccc(CN2CC[C@H](Nc3nc(N4CCCCCC4)c4ccccc4n3)C2)cc1. The van der Waals surface area contributed by atoms with E-state index in [1.807, 2.05) is 0 Å². The number of likely N-dealkylation sites (tertiary alicyclic amines) is 1. The van der Waals surface area contributed by atoms with Crippen molar-refractivity contribution >= 4 is 22.7 Å². The van der Waals surface area contributed by atoms with Gasteiger partial charge in [0.25, 0.3) is 0 Å². The summed E-state index contributed by atoms with van der Waals surface area (Å²) in [5.74, 6) is 1.88. The fourth-order valence-electron chi connectivity index (χ4n) is 4.77. The van der Waals surface area contributed by atoms with Gasteiger partial charge in [-0.25, -0.2) is 4.98 Å². The Morgan fingerprint density at radius 3 is 2.43 bits per heavy atom. The van der Waals surface area contributed by atoms with Crippen LogP contribution in [0, 0.1) is 0 Å². The fourth-order valence-corrected chi connectivity index (χ4v) is 4.77. The molecule has 0 bridgehead atoms. The van der Waals surface area contributed by atoms with Gasteiger partial charge < -0.3 is 10.2 Å². The summed E-state index contributed by atoms with van der Waals surface area (Å²) >= 11 is 0. The van der Waals surface area contributed by atoms with Gasteiger partial charge in [-0.15, -0.1) is 0 Å². The monoisotopic (exact) mass is 401 g/mol. The van der Waals surface area contributed by atoms with Crippen molar-refractivity contribution in [3.63, 3.8) is 0 Å². The van der Waals surface area contributed by atoms with E-state index in [2.05, 4.69) is 69.7 Å². The summed E-state index contributed by atoms with van der Waals surface area (Å²) in [5.41, 5.74) is 2.41. The van der Waals surface area contributed by atoms with Crippen LogP contribution in [0.5, 0.6) is 0 Å². The Labute approximate surface area is 179 Å². The van der Waals surface area contributed by atoms with Gasteiger partial charge in [0.15, 0.2) is 0 Å². The van der Waals surface area contributed by atoms with Crippen LogP contribution in [-0.4, -0.2) is 47.1 Å². The third kappa shape index (κ3) is 4.41. The van der Waals surface area contributed by atoms with Gasteiger partial charge in [-0.2, -0.15) is 4.98 Å². The molecule has 5 heteroatoms. The van der Waals surface area contributed by atoms with E-state index in [-0.39, 0.29) is 0 Å². The third-order valence-electron chi connectivity index (χ3n) is 6.34. The Morgan fingerprint density at radius 2 is 1.60 bits per heavy atom. The second kappa shape index (κ2) is 9.00. The lowest BCUT2D eigenvalue weighted by Gasteiger charge is -2.24. The molecule has 2 aliphatic heterocycles. The maximum atomic E-state index is 5.02. The normalized spacial score (nSPS) is 20.4. The summed E-state index contributed by atoms with van der Waals surface area (Å²) in [5, 5.41) is 4.82. The molecule has 30 heavy (non-hydrogen) atoms. The summed E-state index contributed by atoms with van der Waals surface area (Å²) < 4.78 is 0. The number of nitrogens with one attached hydrogen (secondary N) is 1. The van der Waals surface area contributed by atoms with E-state index >= 15 is 0 Å². The molecule has 0 radical (unpaired) electrons. The van der Waals surface area contributed by atoms with E-state index in [0.717, 1.165) is 56.4 Å². The van der Waals surface area contributed by atoms with E-state index in [0.29, 0.717) is 6.04 Å². The van der Waals surface area contributed by atoms with E-state index in [9.17, 15) is 0 Å². The highest BCUT2D eigenvalue weighted by molar-refractivity contribution is 5.90. The van der Waals surface area contributed by atoms with Crippen LogP contribution in [0.3, 0.4) is 0 Å². The van der Waals surface area contributed by atoms with Crippen LogP contribution in [0.2, 0.25) is 0 Å². The van der Waals surface area contributed by atoms with Gasteiger partial charge in [-0.05, 0) is 37.0 Å². The first-order chi connectivity index (χ1) is 14.8. The minimum atomic E-state index is 0.395. The summed E-state index contributed by atoms with van der Waals surface area (Å²) in [4.78, 5) is 14.9. The lowest BCUT2D eigenvalue weighted by molar-refractivity contribution is 0.328. The maximum Gasteiger partial charge on any atom is 0.225 e. The Kier molecular flexibility index (Phi) is 5.80. The molecule has 2 aromatic carbocycles. The molecule has 0 saturated carbocycles. The largest absolute Gasteiger partial charge is 0.356 e. The maximum absolute atomic E-state index is 5.02. The number of benzene rings is 2. The molecule has 2 saturated heterocycles. The summed E-state index contributed by atoms with van der Waals surface area (Å²) in [6.45, 7) is 5.34. The van der Waals surface area contributed by atoms with E-state index in [4.69, 9.17) is 9.97 Å². The van der Waals surface area contributed by atoms with Gasteiger partial charge >= 0.3 is 0 Å². The van der Waals surface area contributed by atoms with E-state index in [1.54, 1.807) is 0 Å². The predicted molar refractivity (Wildman–Crippen MR) is 124 cm³/mol. The molecule has 5 rings (SSSR count). The topological polar surface area (TPSA) is 44.3 Å². The van der Waals surface area contributed by atoms with Gasteiger partial charge in [0, 0.05) is 44.2 Å². The molecule has 1 aromatic heterocycles. The van der Waals surface area contributed by atoms with Crippen molar-refractivity contribution in [3.8, 4) is 0 Å². The molecule has 3 heterocycles. The quantitative estimate of drug-likeness (QED) is 0.672. The molecular formula is C25H31N5. The van der Waals surface area contributed by atoms with Crippen LogP contribution in [-0.2, 0) is 6.54 Å². The number of anilines is 2. The van der Waals surface area contributed by atoms with E-state index < -0.39 is 0 Å². The van der Waals surface area contributed by atoms with Crippen LogP contribution in [0.4, 0.5) is 11.8 Å². The predicted octanol–water partition coefficient (Wildman–Crippen LogP) is 4.70. The van der Waals surface area contributed by atoms with Crippen molar-refractivity contribution in [1.29, 1.82) is 0 Å². The molecule has 2 aliphatic rings. The molecule has 0 unspecified atom stereocenters. The van der Waals surface area contributed by atoms with Crippen LogP contribution >= 0.6 is 0 Å². The molecule has 1 atom stereocenters. The highest BCUT2D eigenvalue weighted by Crippen LogP contribution is 2.28. The van der Waals surface area contributed by atoms with Crippen molar-refractivity contribution < 1.29 is 0 Å². The smallest absolute Gasteiger partial charge is 0.225 e. The number of nitrogens with zero attached hydrogens (tertiary/aromatic N) is 4. The number of hydrogen-bond donors (Lipinski definition) is 1. The zero-order valence-corrected chi connectivity index (χ0v) is 17.6. The van der Waals surface area contributed by atoms with Crippen molar-refractivity contribution in [2.75, 3.05) is 36.4 Å². The van der Waals surface area contributed by atoms with Crippen molar-refractivity contribution in [3.05, 3.63) is 60.2 Å². The van der Waals surface area contributed by atoms with Gasteiger partial charge in [-0.3, -0.25) is 4.90 Å². The molecule has 156 valence electrons. The van der Waals surface area contributed by atoms with Crippen molar-refractivity contribution in [1.82, 2.24) is 14.9 Å². The average molecular weight is 402 g/mol. The minimum Gasteiger partial charge on any atom is -0.356 e. The fraction of sp³-hybridized carbons (Fsp3) is 0.440. The number of aromatic nitrogens is 2. The van der Waals surface area contributed by atoms with Crippen LogP contribution in [0.1, 0.15) is 37.7 Å². The highest BCUT2D eigenvalue weighted by atomic mass is 15.3. The molecule has 1 N–H and O–H groups in total. The molecular weight excluding hydrogens is 370 g/mol. The Bertz CT molecular complexity index is 966. The number of para-hydroxylation sites is 1. The van der Waals surface area contributed by atoms with Crippen molar-refractivity contribution in [2.45, 2.75) is 44.7 Å². The molecule has 0 aliphatic carbocycles. The molecule has 0 spiro atoms. The lowest BCUT2D eigenvalue weighted by Crippen LogP contribution is -2.28. The average Bonchev–Trinajstić information content (AvgIpc) is 3.04. The van der Waals surface area contributed by atoms with Crippen LogP contribution in [0.25, 0.3) is 10.9 Å². The number of rotatable bonds is 5. The summed E-state index contributed by atoms with van der Waals surface area (Å²) in [6, 6.07) is 19.6. The lowest BCUT2D eigenvalue weighted by atomic mass is 10.2. The number of fused-ring (bicyclic) bond motifs is 1. The molecule has 5 nitrogen and oxygen atoms in total. The zero-order valence-electron chi connectivity index (χ0n) is 17.6. The van der Waals surface area contributed by atoms with Gasteiger partial charge in [0.05, 0.1) is 5.52 Å². The summed E-state index contributed by atoms with van der Waals surface area (Å²) in [7, 11) is 0. The molecule has 0 amide bonds. The number of hydrogen-bond acceptors (Lipinski definition) is 5. The Hall–Kier alpha value is -2.66. The van der Waals surface area contributed by atoms with E-state index in [1.165, 1.54) is 36.6 Å². The first-order valence-electron chi connectivity index (χ1n) is 11.4. The highest BCUT2D eigenvalue weighted by Gasteiger charge is 2.24. The minimum absolute atomic E-state index is 0.395. The molecule has 2 fully saturated rings. The second-order valence-corrected chi connectivity index (χ2v) is 8.64. The first-order valence-corrected chi connectivity index (χ1v) is 11.4. The third-order valence-corrected chi connectivity index (χ3v) is 6.34. The Balaban J connectivity index is 1.33. The van der Waals surface area contributed by atoms with Crippen LogP contribution in [0.15, 0.2) is 54.6 Å².